The van der Waals surface area contributed by atoms with E-state index in [1.54, 1.807) is 11.3 Å². The predicted molar refractivity (Wildman–Crippen MR) is 125 cm³/mol. The minimum Gasteiger partial charge on any atom is -0.490 e. The second-order valence-corrected chi connectivity index (χ2v) is 9.92. The van der Waals surface area contributed by atoms with Crippen LogP contribution in [0.15, 0.2) is 18.2 Å². The van der Waals surface area contributed by atoms with Crippen molar-refractivity contribution < 1.29 is 14.3 Å². The first-order chi connectivity index (χ1) is 15.7. The number of aryl methyl sites for hydroxylation is 1. The van der Waals surface area contributed by atoms with Crippen LogP contribution >= 0.6 is 11.3 Å². The molecule has 3 heterocycles. The Labute approximate surface area is 193 Å². The number of rotatable bonds is 4. The summed E-state index contributed by atoms with van der Waals surface area (Å²) in [6, 6.07) is 8.71. The van der Waals surface area contributed by atoms with Crippen molar-refractivity contribution >= 4 is 22.2 Å². The Kier molecular flexibility index (Phi) is 6.33. The van der Waals surface area contributed by atoms with E-state index in [1.807, 2.05) is 6.07 Å². The van der Waals surface area contributed by atoms with Gasteiger partial charge >= 0.3 is 0 Å². The van der Waals surface area contributed by atoms with Crippen LogP contribution in [0.1, 0.15) is 66.1 Å². The fraction of sp³-hybridized carbons (Fsp3) is 0.520. The van der Waals surface area contributed by atoms with Crippen LogP contribution in [0, 0.1) is 11.3 Å². The van der Waals surface area contributed by atoms with Gasteiger partial charge in [-0.05, 0) is 68.3 Å². The average Bonchev–Trinajstić information content (AvgIpc) is 3.18. The van der Waals surface area contributed by atoms with Gasteiger partial charge in [-0.25, -0.2) is 0 Å². The third kappa shape index (κ3) is 4.35. The maximum Gasteiger partial charge on any atom is 0.239 e. The van der Waals surface area contributed by atoms with Gasteiger partial charge in [-0.1, -0.05) is 12.5 Å². The molecule has 5 rings (SSSR count). The highest BCUT2D eigenvalue weighted by Crippen LogP contribution is 2.39. The molecule has 1 amide bonds. The number of anilines is 1. The lowest BCUT2D eigenvalue weighted by molar-refractivity contribution is -0.117. The zero-order valence-electron chi connectivity index (χ0n) is 18.3. The predicted octanol–water partition coefficient (Wildman–Crippen LogP) is 4.83. The lowest BCUT2D eigenvalue weighted by Gasteiger charge is -2.24. The standard InChI is InChI=1S/C25H29N3O3S/c26-15-19-18-6-2-1-3-8-23(18)32-25(19)27-24(29)16-28-11-4-7-20(28)17-9-10-21-22(14-17)31-13-5-12-30-21/h9-10,14,20H,1-8,11-13,16H2,(H,27,29). The highest BCUT2D eigenvalue weighted by molar-refractivity contribution is 7.16. The molecule has 3 aliphatic rings. The Morgan fingerprint density at radius 1 is 1.12 bits per heavy atom. The van der Waals surface area contributed by atoms with Crippen LogP contribution in [0.5, 0.6) is 11.5 Å². The smallest absolute Gasteiger partial charge is 0.239 e. The van der Waals surface area contributed by atoms with Crippen molar-refractivity contribution in [3.8, 4) is 17.6 Å². The fourth-order valence-corrected chi connectivity index (χ4v) is 6.34. The SMILES string of the molecule is N#Cc1c(NC(=O)CN2CCCC2c2ccc3c(c2)OCCCO3)sc2c1CCCCC2. The van der Waals surface area contributed by atoms with Crippen molar-refractivity contribution in [1.82, 2.24) is 4.90 Å². The van der Waals surface area contributed by atoms with Crippen LogP contribution in [0.25, 0.3) is 0 Å². The van der Waals surface area contributed by atoms with Gasteiger partial charge < -0.3 is 14.8 Å². The zero-order chi connectivity index (χ0) is 21.9. The maximum atomic E-state index is 13.0. The summed E-state index contributed by atoms with van der Waals surface area (Å²) in [6.07, 6.45) is 8.42. The number of thiophene rings is 1. The van der Waals surface area contributed by atoms with Gasteiger partial charge in [0.05, 0.1) is 25.3 Å². The second-order valence-electron chi connectivity index (χ2n) is 8.81. The van der Waals surface area contributed by atoms with Gasteiger partial charge in [0.25, 0.3) is 0 Å². The molecule has 2 aliphatic heterocycles. The van der Waals surface area contributed by atoms with E-state index in [1.165, 1.54) is 16.9 Å². The lowest BCUT2D eigenvalue weighted by Crippen LogP contribution is -2.32. The number of carbonyl (C=O) groups is 1. The molecule has 2 aromatic rings. The van der Waals surface area contributed by atoms with Crippen LogP contribution in [-0.4, -0.2) is 37.1 Å². The summed E-state index contributed by atoms with van der Waals surface area (Å²) in [4.78, 5) is 16.5. The van der Waals surface area contributed by atoms with Gasteiger partial charge in [0.1, 0.15) is 11.1 Å². The van der Waals surface area contributed by atoms with Crippen molar-refractivity contribution in [2.45, 2.75) is 57.4 Å². The van der Waals surface area contributed by atoms with Gasteiger partial charge in [-0.2, -0.15) is 5.26 Å². The Bertz CT molecular complexity index is 1040. The molecule has 1 aliphatic carbocycles. The number of likely N-dealkylation sites (tertiary alicyclic amines) is 1. The number of ether oxygens (including phenoxy) is 2. The lowest BCUT2D eigenvalue weighted by atomic mass is 10.0. The van der Waals surface area contributed by atoms with Crippen molar-refractivity contribution in [2.75, 3.05) is 31.6 Å². The zero-order valence-corrected chi connectivity index (χ0v) is 19.1. The van der Waals surface area contributed by atoms with Crippen LogP contribution < -0.4 is 14.8 Å². The average molecular weight is 452 g/mol. The van der Waals surface area contributed by atoms with Crippen LogP contribution in [0.3, 0.4) is 0 Å². The number of carbonyl (C=O) groups excluding carboxylic acids is 1. The fourth-order valence-electron chi connectivity index (χ4n) is 5.08. The van der Waals surface area contributed by atoms with E-state index < -0.39 is 0 Å². The van der Waals surface area contributed by atoms with E-state index in [2.05, 4.69) is 28.4 Å². The Morgan fingerprint density at radius 3 is 2.84 bits per heavy atom. The molecule has 6 nitrogen and oxygen atoms in total. The summed E-state index contributed by atoms with van der Waals surface area (Å²) >= 11 is 1.60. The van der Waals surface area contributed by atoms with Gasteiger partial charge in [-0.3, -0.25) is 9.69 Å². The van der Waals surface area contributed by atoms with Crippen molar-refractivity contribution in [3.05, 3.63) is 39.8 Å². The molecule has 7 heteroatoms. The summed E-state index contributed by atoms with van der Waals surface area (Å²) in [5.74, 6) is 1.56. The molecule has 1 N–H and O–H groups in total. The van der Waals surface area contributed by atoms with E-state index in [9.17, 15) is 10.1 Å². The number of nitrogens with one attached hydrogen (secondary N) is 1. The quantitative estimate of drug-likeness (QED) is 0.674. The molecular formula is C25H29N3O3S. The van der Waals surface area contributed by atoms with Crippen LogP contribution in [0.2, 0.25) is 0 Å². The molecule has 168 valence electrons. The van der Waals surface area contributed by atoms with Gasteiger partial charge in [0, 0.05) is 17.3 Å². The number of nitrogens with zero attached hydrogens (tertiary/aromatic N) is 2. The Balaban J connectivity index is 1.29. The Morgan fingerprint density at radius 2 is 1.97 bits per heavy atom. The molecule has 1 atom stereocenters. The maximum absolute atomic E-state index is 13.0. The normalized spacial score (nSPS) is 20.7. The summed E-state index contributed by atoms with van der Waals surface area (Å²) in [6.45, 7) is 2.56. The molecule has 0 saturated carbocycles. The van der Waals surface area contributed by atoms with Crippen LogP contribution in [-0.2, 0) is 17.6 Å². The number of fused-ring (bicyclic) bond motifs is 2. The van der Waals surface area contributed by atoms with E-state index in [-0.39, 0.29) is 11.9 Å². The Hall–Kier alpha value is -2.56. The number of hydrogen-bond acceptors (Lipinski definition) is 6. The number of benzene rings is 1. The monoisotopic (exact) mass is 451 g/mol. The minimum absolute atomic E-state index is 0.0425. The molecule has 0 spiro atoms. The highest BCUT2D eigenvalue weighted by Gasteiger charge is 2.29. The highest BCUT2D eigenvalue weighted by atomic mass is 32.1. The molecule has 0 bridgehead atoms. The number of hydrogen-bond donors (Lipinski definition) is 1. The molecular weight excluding hydrogens is 422 g/mol. The third-order valence-electron chi connectivity index (χ3n) is 6.65. The van der Waals surface area contributed by atoms with Crippen molar-refractivity contribution in [3.63, 3.8) is 0 Å². The molecule has 1 saturated heterocycles. The van der Waals surface area contributed by atoms with Crippen LogP contribution in [0.4, 0.5) is 5.00 Å². The molecule has 32 heavy (non-hydrogen) atoms. The number of nitriles is 1. The molecule has 1 unspecified atom stereocenters. The van der Waals surface area contributed by atoms with Crippen molar-refractivity contribution in [2.24, 2.45) is 0 Å². The largest absolute Gasteiger partial charge is 0.490 e. The molecule has 1 aromatic carbocycles. The first kappa shape index (κ1) is 21.3. The minimum atomic E-state index is -0.0425. The van der Waals surface area contributed by atoms with E-state index in [0.29, 0.717) is 25.3 Å². The summed E-state index contributed by atoms with van der Waals surface area (Å²) in [5, 5.41) is 13.5. The van der Waals surface area contributed by atoms with E-state index >= 15 is 0 Å². The molecule has 1 aromatic heterocycles. The first-order valence-corrected chi connectivity index (χ1v) is 12.5. The van der Waals surface area contributed by atoms with Crippen molar-refractivity contribution in [1.29, 1.82) is 5.26 Å². The molecule has 1 fully saturated rings. The second kappa shape index (κ2) is 9.51. The molecule has 0 radical (unpaired) electrons. The summed E-state index contributed by atoms with van der Waals surface area (Å²) in [7, 11) is 0. The summed E-state index contributed by atoms with van der Waals surface area (Å²) in [5.41, 5.74) is 3.01. The van der Waals surface area contributed by atoms with E-state index in [0.717, 1.165) is 73.6 Å². The number of amides is 1. The third-order valence-corrected chi connectivity index (χ3v) is 7.86. The van der Waals surface area contributed by atoms with E-state index in [4.69, 9.17) is 9.47 Å². The summed E-state index contributed by atoms with van der Waals surface area (Å²) < 4.78 is 11.6. The van der Waals surface area contributed by atoms with Gasteiger partial charge in [-0.15, -0.1) is 11.3 Å². The van der Waals surface area contributed by atoms with Gasteiger partial charge in [0.15, 0.2) is 11.5 Å². The topological polar surface area (TPSA) is 74.6 Å². The first-order valence-electron chi connectivity index (χ1n) is 11.7. The van der Waals surface area contributed by atoms with Gasteiger partial charge in [0.2, 0.25) is 5.91 Å².